The minimum atomic E-state index is -4.11. The first kappa shape index (κ1) is 16.4. The fourth-order valence-electron chi connectivity index (χ4n) is 2.00. The Morgan fingerprint density at radius 2 is 2.10 bits per heavy atom. The normalized spacial score (nSPS) is 15.0. The number of rotatable bonds is 6. The predicted molar refractivity (Wildman–Crippen MR) is 79.8 cm³/mol. The number of carbonyl (C=O) groups is 1. The molecule has 1 aromatic carbocycles. The Kier molecular flexibility index (Phi) is 5.00. The van der Waals surface area contributed by atoms with Crippen LogP contribution in [0.2, 0.25) is 0 Å². The molecule has 0 heterocycles. The molecule has 1 aliphatic rings. The van der Waals surface area contributed by atoms with E-state index in [-0.39, 0.29) is 10.0 Å². The van der Waals surface area contributed by atoms with Gasteiger partial charge in [-0.2, -0.15) is 0 Å². The van der Waals surface area contributed by atoms with E-state index in [4.69, 9.17) is 5.14 Å². The van der Waals surface area contributed by atoms with Crippen molar-refractivity contribution in [1.29, 1.82) is 0 Å². The zero-order valence-corrected chi connectivity index (χ0v) is 13.6. The van der Waals surface area contributed by atoms with Gasteiger partial charge in [-0.15, -0.1) is 0 Å². The van der Waals surface area contributed by atoms with Crippen molar-refractivity contribution in [2.45, 2.75) is 30.6 Å². The van der Waals surface area contributed by atoms with Gasteiger partial charge in [0.1, 0.15) is 5.82 Å². The molecular formula is C13H16BrFN2O3S. The van der Waals surface area contributed by atoms with Crippen molar-refractivity contribution in [3.8, 4) is 0 Å². The van der Waals surface area contributed by atoms with Crippen LogP contribution in [0.3, 0.4) is 0 Å². The summed E-state index contributed by atoms with van der Waals surface area (Å²) in [6, 6.07) is 2.05. The molecule has 1 saturated carbocycles. The Hall–Kier alpha value is -0.990. The van der Waals surface area contributed by atoms with E-state index in [9.17, 15) is 17.6 Å². The van der Waals surface area contributed by atoms with E-state index >= 15 is 0 Å². The molecule has 8 heteroatoms. The van der Waals surface area contributed by atoms with Crippen LogP contribution in [0.25, 0.3) is 0 Å². The lowest BCUT2D eigenvalue weighted by Gasteiger charge is -2.08. The fourth-order valence-corrected chi connectivity index (χ4v) is 3.55. The molecule has 1 aliphatic carbocycles. The second-order valence-corrected chi connectivity index (χ2v) is 7.48. The molecule has 0 bridgehead atoms. The molecule has 116 valence electrons. The minimum Gasteiger partial charge on any atom is -0.352 e. The molecule has 0 saturated heterocycles. The van der Waals surface area contributed by atoms with Crippen molar-refractivity contribution < 1.29 is 17.6 Å². The number of carbonyl (C=O) groups excluding carboxylic acids is 1. The lowest BCUT2D eigenvalue weighted by Crippen LogP contribution is -2.25. The first-order valence-electron chi connectivity index (χ1n) is 6.59. The maximum Gasteiger partial charge on any atom is 0.251 e. The molecule has 5 nitrogen and oxygen atoms in total. The summed E-state index contributed by atoms with van der Waals surface area (Å²) < 4.78 is 36.2. The number of benzene rings is 1. The Morgan fingerprint density at radius 3 is 2.67 bits per heavy atom. The summed E-state index contributed by atoms with van der Waals surface area (Å²) in [7, 11) is -4.11. The van der Waals surface area contributed by atoms with Gasteiger partial charge in [0.15, 0.2) is 0 Å². The summed E-state index contributed by atoms with van der Waals surface area (Å²) in [5, 5.41) is 7.65. The third-order valence-electron chi connectivity index (χ3n) is 3.34. The number of primary sulfonamides is 1. The maximum atomic E-state index is 13.7. The molecule has 21 heavy (non-hydrogen) atoms. The summed E-state index contributed by atoms with van der Waals surface area (Å²) in [6.07, 6.45) is 4.43. The highest BCUT2D eigenvalue weighted by molar-refractivity contribution is 9.10. The van der Waals surface area contributed by atoms with Gasteiger partial charge in [-0.25, -0.2) is 17.9 Å². The van der Waals surface area contributed by atoms with Crippen molar-refractivity contribution in [2.75, 3.05) is 6.54 Å². The quantitative estimate of drug-likeness (QED) is 0.743. The molecule has 3 N–H and O–H groups in total. The van der Waals surface area contributed by atoms with E-state index in [0.717, 1.165) is 30.9 Å². The zero-order valence-electron chi connectivity index (χ0n) is 11.2. The molecule has 0 atom stereocenters. The lowest BCUT2D eigenvalue weighted by molar-refractivity contribution is 0.0952. The largest absolute Gasteiger partial charge is 0.352 e. The van der Waals surface area contributed by atoms with Crippen molar-refractivity contribution in [3.63, 3.8) is 0 Å². The first-order chi connectivity index (χ1) is 9.79. The topological polar surface area (TPSA) is 89.3 Å². The number of amides is 1. The van der Waals surface area contributed by atoms with E-state index in [1.807, 2.05) is 0 Å². The van der Waals surface area contributed by atoms with Crippen LogP contribution in [0, 0.1) is 11.7 Å². The molecule has 0 aromatic heterocycles. The summed E-state index contributed by atoms with van der Waals surface area (Å²) in [5.41, 5.74) is -0.0638. The fraction of sp³-hybridized carbons (Fsp3) is 0.462. The Balaban J connectivity index is 2.07. The average molecular weight is 379 g/mol. The SMILES string of the molecule is NS(=O)(=O)c1cc(C(=O)NCCCC2CC2)cc(F)c1Br. The van der Waals surface area contributed by atoms with Gasteiger partial charge in [0.2, 0.25) is 10.0 Å². The molecule has 1 amide bonds. The number of sulfonamides is 1. The highest BCUT2D eigenvalue weighted by Crippen LogP contribution is 2.33. The molecule has 2 rings (SSSR count). The van der Waals surface area contributed by atoms with Crippen molar-refractivity contribution >= 4 is 31.9 Å². The summed E-state index contributed by atoms with van der Waals surface area (Å²) >= 11 is 2.82. The third kappa shape index (κ3) is 4.49. The summed E-state index contributed by atoms with van der Waals surface area (Å²) in [6.45, 7) is 0.484. The second kappa shape index (κ2) is 6.41. The van der Waals surface area contributed by atoms with Gasteiger partial charge in [0.05, 0.1) is 9.37 Å². The molecule has 1 aromatic rings. The number of nitrogens with two attached hydrogens (primary N) is 1. The number of hydrogen-bond donors (Lipinski definition) is 2. The van der Waals surface area contributed by atoms with Gasteiger partial charge < -0.3 is 5.32 Å². The van der Waals surface area contributed by atoms with Gasteiger partial charge >= 0.3 is 0 Å². The van der Waals surface area contributed by atoms with Crippen LogP contribution in [-0.4, -0.2) is 20.9 Å². The molecular weight excluding hydrogens is 363 g/mol. The molecule has 0 spiro atoms. The van der Waals surface area contributed by atoms with E-state index in [1.54, 1.807) is 0 Å². The van der Waals surface area contributed by atoms with Gasteiger partial charge in [-0.3, -0.25) is 4.79 Å². The van der Waals surface area contributed by atoms with Crippen molar-refractivity contribution in [3.05, 3.63) is 28.0 Å². The van der Waals surface area contributed by atoms with Crippen LogP contribution in [0.1, 0.15) is 36.0 Å². The van der Waals surface area contributed by atoms with Crippen LogP contribution in [-0.2, 0) is 10.0 Å². The molecule has 0 aliphatic heterocycles. The van der Waals surface area contributed by atoms with Gasteiger partial charge in [0, 0.05) is 12.1 Å². The molecule has 0 radical (unpaired) electrons. The number of halogens is 2. The van der Waals surface area contributed by atoms with Crippen LogP contribution < -0.4 is 10.5 Å². The predicted octanol–water partition coefficient (Wildman–Crippen LogP) is 2.16. The Labute approximate surface area is 131 Å². The van der Waals surface area contributed by atoms with Crippen LogP contribution in [0.5, 0.6) is 0 Å². The maximum absolute atomic E-state index is 13.7. The van der Waals surface area contributed by atoms with E-state index in [2.05, 4.69) is 21.2 Å². The number of hydrogen-bond acceptors (Lipinski definition) is 3. The zero-order chi connectivity index (χ0) is 15.6. The van der Waals surface area contributed by atoms with Crippen LogP contribution in [0.4, 0.5) is 4.39 Å². The number of nitrogens with one attached hydrogen (secondary N) is 1. The van der Waals surface area contributed by atoms with E-state index in [0.29, 0.717) is 6.54 Å². The lowest BCUT2D eigenvalue weighted by atomic mass is 10.2. The standard InChI is InChI=1S/C13H16BrFN2O3S/c14-12-10(15)6-9(7-11(12)21(16,19)20)13(18)17-5-1-2-8-3-4-8/h6-8H,1-5H2,(H,17,18)(H2,16,19,20). The van der Waals surface area contributed by atoms with Crippen LogP contribution in [0.15, 0.2) is 21.5 Å². The van der Waals surface area contributed by atoms with Gasteiger partial charge in [-0.05, 0) is 46.8 Å². The molecule has 0 unspecified atom stereocenters. The molecule has 1 fully saturated rings. The van der Waals surface area contributed by atoms with Gasteiger partial charge in [0.25, 0.3) is 5.91 Å². The Bertz CT molecular complexity index is 660. The van der Waals surface area contributed by atoms with Gasteiger partial charge in [-0.1, -0.05) is 12.8 Å². The third-order valence-corrected chi connectivity index (χ3v) is 5.34. The van der Waals surface area contributed by atoms with Crippen molar-refractivity contribution in [1.82, 2.24) is 5.32 Å². The highest BCUT2D eigenvalue weighted by atomic mass is 79.9. The smallest absolute Gasteiger partial charge is 0.251 e. The minimum absolute atomic E-state index is 0.0638. The second-order valence-electron chi connectivity index (χ2n) is 5.16. The Morgan fingerprint density at radius 1 is 1.43 bits per heavy atom. The highest BCUT2D eigenvalue weighted by Gasteiger charge is 2.21. The van der Waals surface area contributed by atoms with E-state index < -0.39 is 26.6 Å². The van der Waals surface area contributed by atoms with Crippen molar-refractivity contribution in [2.24, 2.45) is 11.1 Å². The van der Waals surface area contributed by atoms with E-state index in [1.165, 1.54) is 12.8 Å². The summed E-state index contributed by atoms with van der Waals surface area (Å²) in [4.78, 5) is 11.5. The monoisotopic (exact) mass is 378 g/mol. The average Bonchev–Trinajstić information content (AvgIpc) is 3.20. The first-order valence-corrected chi connectivity index (χ1v) is 8.93. The van der Waals surface area contributed by atoms with Crippen LogP contribution >= 0.6 is 15.9 Å². The summed E-state index contributed by atoms with van der Waals surface area (Å²) in [5.74, 6) is -0.576.